The molecule has 1 heterocycles. The smallest absolute Gasteiger partial charge is 0.222 e. The van der Waals surface area contributed by atoms with Crippen molar-refractivity contribution in [3.05, 3.63) is 11.9 Å². The Morgan fingerprint density at radius 2 is 2.31 bits per heavy atom. The number of hydrogen-bond donors (Lipinski definition) is 2. The van der Waals surface area contributed by atoms with Gasteiger partial charge < -0.3 is 15.8 Å². The summed E-state index contributed by atoms with van der Waals surface area (Å²) >= 11 is 0. The zero-order valence-corrected chi connectivity index (χ0v) is 9.73. The van der Waals surface area contributed by atoms with E-state index in [4.69, 9.17) is 10.5 Å². The third-order valence-corrected chi connectivity index (χ3v) is 3.12. The summed E-state index contributed by atoms with van der Waals surface area (Å²) < 4.78 is 5.15. The molecule has 0 saturated heterocycles. The Labute approximate surface area is 95.4 Å². The Morgan fingerprint density at radius 3 is 2.94 bits per heavy atom. The summed E-state index contributed by atoms with van der Waals surface area (Å²) in [4.78, 5) is 8.00. The van der Waals surface area contributed by atoms with Crippen LogP contribution in [0.2, 0.25) is 0 Å². The predicted octanol–water partition coefficient (Wildman–Crippen LogP) is 0.813. The third-order valence-electron chi connectivity index (χ3n) is 3.12. The SMILES string of the molecule is COc1ncnc(N)c1CNCC1CC1C. The van der Waals surface area contributed by atoms with E-state index in [1.165, 1.54) is 12.7 Å². The Morgan fingerprint density at radius 1 is 1.56 bits per heavy atom. The van der Waals surface area contributed by atoms with E-state index in [1.807, 2.05) is 0 Å². The molecule has 2 rings (SSSR count). The maximum absolute atomic E-state index is 5.79. The number of nitrogens with one attached hydrogen (secondary N) is 1. The summed E-state index contributed by atoms with van der Waals surface area (Å²) in [5, 5.41) is 3.37. The van der Waals surface area contributed by atoms with Crippen molar-refractivity contribution in [3.63, 3.8) is 0 Å². The standard InChI is InChI=1S/C11H18N4O/c1-7-3-8(7)4-13-5-9-10(12)14-6-15-11(9)16-2/h6-8,13H,3-5H2,1-2H3,(H2,12,14,15). The molecule has 1 saturated carbocycles. The van der Waals surface area contributed by atoms with Gasteiger partial charge in [-0.2, -0.15) is 0 Å². The lowest BCUT2D eigenvalue weighted by Crippen LogP contribution is -2.19. The fourth-order valence-corrected chi connectivity index (χ4v) is 1.82. The molecule has 0 bridgehead atoms. The van der Waals surface area contributed by atoms with E-state index in [9.17, 15) is 0 Å². The maximum Gasteiger partial charge on any atom is 0.222 e. The summed E-state index contributed by atoms with van der Waals surface area (Å²) in [5.41, 5.74) is 6.63. The predicted molar refractivity (Wildman–Crippen MR) is 62.0 cm³/mol. The monoisotopic (exact) mass is 222 g/mol. The van der Waals surface area contributed by atoms with E-state index in [1.54, 1.807) is 7.11 Å². The van der Waals surface area contributed by atoms with Crippen LogP contribution in [0.25, 0.3) is 0 Å². The first-order chi connectivity index (χ1) is 7.72. The second kappa shape index (κ2) is 4.65. The highest BCUT2D eigenvalue weighted by molar-refractivity contribution is 5.44. The molecular weight excluding hydrogens is 204 g/mol. The molecule has 5 nitrogen and oxygen atoms in total. The summed E-state index contributed by atoms with van der Waals surface area (Å²) in [7, 11) is 1.59. The van der Waals surface area contributed by atoms with E-state index in [-0.39, 0.29) is 0 Å². The lowest BCUT2D eigenvalue weighted by Gasteiger charge is -2.09. The van der Waals surface area contributed by atoms with Crippen LogP contribution in [0, 0.1) is 11.8 Å². The first-order valence-electron chi connectivity index (χ1n) is 5.56. The first kappa shape index (κ1) is 11.1. The lowest BCUT2D eigenvalue weighted by molar-refractivity contribution is 0.389. The van der Waals surface area contributed by atoms with Gasteiger partial charge in [-0.1, -0.05) is 6.92 Å². The maximum atomic E-state index is 5.79. The van der Waals surface area contributed by atoms with Crippen molar-refractivity contribution in [3.8, 4) is 5.88 Å². The van der Waals surface area contributed by atoms with Crippen molar-refractivity contribution in [2.24, 2.45) is 11.8 Å². The van der Waals surface area contributed by atoms with Gasteiger partial charge in [-0.3, -0.25) is 0 Å². The van der Waals surface area contributed by atoms with E-state index in [0.717, 1.165) is 23.9 Å². The van der Waals surface area contributed by atoms with E-state index < -0.39 is 0 Å². The zero-order valence-electron chi connectivity index (χ0n) is 9.73. The number of aromatic nitrogens is 2. The number of ether oxygens (including phenoxy) is 1. The van der Waals surface area contributed by atoms with Crippen LogP contribution < -0.4 is 15.8 Å². The van der Waals surface area contributed by atoms with Gasteiger partial charge in [0.15, 0.2) is 0 Å². The number of rotatable bonds is 5. The molecule has 16 heavy (non-hydrogen) atoms. The first-order valence-corrected chi connectivity index (χ1v) is 5.56. The minimum absolute atomic E-state index is 0.489. The van der Waals surface area contributed by atoms with Gasteiger partial charge in [0, 0.05) is 6.54 Å². The van der Waals surface area contributed by atoms with Crippen LogP contribution >= 0.6 is 0 Å². The van der Waals surface area contributed by atoms with Gasteiger partial charge in [0.2, 0.25) is 5.88 Å². The molecular formula is C11H18N4O. The fraction of sp³-hybridized carbons (Fsp3) is 0.636. The number of nitrogen functional groups attached to an aromatic ring is 1. The summed E-state index contributed by atoms with van der Waals surface area (Å²) in [6.45, 7) is 3.96. The molecule has 3 N–H and O–H groups in total. The highest BCUT2D eigenvalue weighted by Crippen LogP contribution is 2.36. The second-order valence-electron chi connectivity index (χ2n) is 4.35. The van der Waals surface area contributed by atoms with Crippen LogP contribution in [0.3, 0.4) is 0 Å². The van der Waals surface area contributed by atoms with Crippen LogP contribution in [-0.4, -0.2) is 23.6 Å². The van der Waals surface area contributed by atoms with Gasteiger partial charge in [0.25, 0.3) is 0 Å². The molecule has 1 aromatic rings. The van der Waals surface area contributed by atoms with Crippen molar-refractivity contribution >= 4 is 5.82 Å². The van der Waals surface area contributed by atoms with E-state index in [0.29, 0.717) is 18.2 Å². The topological polar surface area (TPSA) is 73.1 Å². The average Bonchev–Trinajstić information content (AvgIpc) is 2.97. The number of nitrogens with two attached hydrogens (primary N) is 1. The third kappa shape index (κ3) is 2.41. The molecule has 1 fully saturated rings. The van der Waals surface area contributed by atoms with E-state index >= 15 is 0 Å². The van der Waals surface area contributed by atoms with Gasteiger partial charge in [-0.15, -0.1) is 0 Å². The van der Waals surface area contributed by atoms with Crippen molar-refractivity contribution in [2.75, 3.05) is 19.4 Å². The van der Waals surface area contributed by atoms with Crippen LogP contribution in [0.5, 0.6) is 5.88 Å². The summed E-state index contributed by atoms with van der Waals surface area (Å²) in [5.74, 6) is 2.72. The van der Waals surface area contributed by atoms with Crippen molar-refractivity contribution in [2.45, 2.75) is 19.9 Å². The van der Waals surface area contributed by atoms with Gasteiger partial charge in [-0.05, 0) is 24.8 Å². The van der Waals surface area contributed by atoms with Gasteiger partial charge in [-0.25, -0.2) is 9.97 Å². The van der Waals surface area contributed by atoms with Crippen LogP contribution in [-0.2, 0) is 6.54 Å². The Kier molecular flexibility index (Phi) is 3.24. The van der Waals surface area contributed by atoms with Crippen LogP contribution in [0.15, 0.2) is 6.33 Å². The van der Waals surface area contributed by atoms with E-state index in [2.05, 4.69) is 22.2 Å². The minimum atomic E-state index is 0.489. The number of nitrogens with zero attached hydrogens (tertiary/aromatic N) is 2. The summed E-state index contributed by atoms with van der Waals surface area (Å²) in [6, 6.07) is 0. The Balaban J connectivity index is 1.92. The Bertz CT molecular complexity index is 369. The van der Waals surface area contributed by atoms with Gasteiger partial charge in [0.1, 0.15) is 12.1 Å². The highest BCUT2D eigenvalue weighted by atomic mass is 16.5. The fourth-order valence-electron chi connectivity index (χ4n) is 1.82. The molecule has 1 aromatic heterocycles. The number of anilines is 1. The molecule has 5 heteroatoms. The molecule has 2 unspecified atom stereocenters. The Hall–Kier alpha value is -1.36. The highest BCUT2D eigenvalue weighted by Gasteiger charge is 2.31. The quantitative estimate of drug-likeness (QED) is 0.771. The lowest BCUT2D eigenvalue weighted by atomic mass is 10.2. The molecule has 0 aliphatic heterocycles. The van der Waals surface area contributed by atoms with Crippen LogP contribution in [0.1, 0.15) is 18.9 Å². The normalized spacial score (nSPS) is 23.1. The zero-order chi connectivity index (χ0) is 11.5. The van der Waals surface area contributed by atoms with Crippen molar-refractivity contribution in [1.29, 1.82) is 0 Å². The molecule has 2 atom stereocenters. The molecule has 0 amide bonds. The number of methoxy groups -OCH3 is 1. The number of hydrogen-bond acceptors (Lipinski definition) is 5. The molecule has 0 aromatic carbocycles. The van der Waals surface area contributed by atoms with Gasteiger partial charge >= 0.3 is 0 Å². The molecule has 0 radical (unpaired) electrons. The van der Waals surface area contributed by atoms with Gasteiger partial charge in [0.05, 0.1) is 12.7 Å². The summed E-state index contributed by atoms with van der Waals surface area (Å²) in [6.07, 6.45) is 2.74. The largest absolute Gasteiger partial charge is 0.481 e. The molecule has 1 aliphatic rings. The van der Waals surface area contributed by atoms with Crippen molar-refractivity contribution < 1.29 is 4.74 Å². The molecule has 1 aliphatic carbocycles. The molecule has 0 spiro atoms. The van der Waals surface area contributed by atoms with Crippen LogP contribution in [0.4, 0.5) is 5.82 Å². The minimum Gasteiger partial charge on any atom is -0.481 e. The average molecular weight is 222 g/mol. The van der Waals surface area contributed by atoms with Crippen molar-refractivity contribution in [1.82, 2.24) is 15.3 Å². The second-order valence-corrected chi connectivity index (χ2v) is 4.35. The molecule has 88 valence electrons.